The second-order valence-corrected chi connectivity index (χ2v) is 6.63. The summed E-state index contributed by atoms with van der Waals surface area (Å²) in [6, 6.07) is 12.6. The lowest BCUT2D eigenvalue weighted by Gasteiger charge is -2.30. The van der Waals surface area contributed by atoms with Crippen molar-refractivity contribution in [3.63, 3.8) is 0 Å². The van der Waals surface area contributed by atoms with Crippen LogP contribution in [-0.2, 0) is 0 Å². The van der Waals surface area contributed by atoms with Gasteiger partial charge in [0.1, 0.15) is 12.4 Å². The zero-order chi connectivity index (χ0) is 18.8. The summed E-state index contributed by atoms with van der Waals surface area (Å²) >= 11 is 0. The van der Waals surface area contributed by atoms with Gasteiger partial charge in [-0.1, -0.05) is 6.07 Å². The van der Waals surface area contributed by atoms with Crippen LogP contribution in [0.5, 0.6) is 5.75 Å². The molecule has 0 aliphatic carbocycles. The number of rotatable bonds is 3. The van der Waals surface area contributed by atoms with Crippen molar-refractivity contribution in [1.29, 1.82) is 0 Å². The molecule has 2 amide bonds. The molecule has 0 saturated carbocycles. The summed E-state index contributed by atoms with van der Waals surface area (Å²) in [6.07, 6.45) is 0. The Morgan fingerprint density at radius 3 is 2.42 bits per heavy atom. The average molecular weight is 353 g/mol. The summed E-state index contributed by atoms with van der Waals surface area (Å²) in [7, 11) is 7.30. The molecular weight excluding hydrogens is 330 g/mol. The van der Waals surface area contributed by atoms with Crippen LogP contribution in [0.2, 0.25) is 0 Å². The van der Waals surface area contributed by atoms with Crippen LogP contribution in [-0.4, -0.2) is 58.1 Å². The molecule has 0 spiro atoms. The van der Waals surface area contributed by atoms with Crippen LogP contribution in [0.1, 0.15) is 20.7 Å². The van der Waals surface area contributed by atoms with E-state index >= 15 is 0 Å². The smallest absolute Gasteiger partial charge is 0.258 e. The summed E-state index contributed by atoms with van der Waals surface area (Å²) < 4.78 is 5.74. The molecule has 0 bridgehead atoms. The van der Waals surface area contributed by atoms with Crippen molar-refractivity contribution in [1.82, 2.24) is 4.90 Å². The molecule has 0 aromatic heterocycles. The third-order valence-corrected chi connectivity index (χ3v) is 4.33. The molecule has 0 saturated heterocycles. The maximum Gasteiger partial charge on any atom is 0.258 e. The molecule has 0 fully saturated rings. The van der Waals surface area contributed by atoms with Crippen LogP contribution >= 0.6 is 0 Å². The summed E-state index contributed by atoms with van der Waals surface area (Å²) in [6.45, 7) is 0.908. The monoisotopic (exact) mass is 353 g/mol. The number of ether oxygens (including phenoxy) is 1. The Bertz CT molecular complexity index is 846. The second-order valence-electron chi connectivity index (χ2n) is 6.63. The van der Waals surface area contributed by atoms with Crippen LogP contribution < -0.4 is 14.5 Å². The zero-order valence-corrected chi connectivity index (χ0v) is 15.5. The standard InChI is InChI=1S/C20H23N3O3/c1-21(2)16-8-9-17-18(13-16)26-11-10-23(17)20(25)15-7-5-6-14(12-15)19(24)22(3)4/h5-9,12-13H,10-11H2,1-4H3. The molecular formula is C20H23N3O3. The Labute approximate surface area is 153 Å². The Balaban J connectivity index is 1.93. The highest BCUT2D eigenvalue weighted by atomic mass is 16.5. The van der Waals surface area contributed by atoms with Crippen LogP contribution in [0, 0.1) is 0 Å². The number of nitrogens with zero attached hydrogens (tertiary/aromatic N) is 3. The van der Waals surface area contributed by atoms with Gasteiger partial charge in [0.15, 0.2) is 0 Å². The lowest BCUT2D eigenvalue weighted by Crippen LogP contribution is -2.38. The average Bonchev–Trinajstić information content (AvgIpc) is 2.65. The van der Waals surface area contributed by atoms with Crippen molar-refractivity contribution < 1.29 is 14.3 Å². The van der Waals surface area contributed by atoms with E-state index in [1.54, 1.807) is 43.3 Å². The highest BCUT2D eigenvalue weighted by molar-refractivity contribution is 6.08. The number of hydrogen-bond acceptors (Lipinski definition) is 4. The molecule has 1 aliphatic rings. The quantitative estimate of drug-likeness (QED) is 0.851. The van der Waals surface area contributed by atoms with Gasteiger partial charge in [0.05, 0.1) is 12.2 Å². The van der Waals surface area contributed by atoms with Crippen molar-refractivity contribution in [2.75, 3.05) is 51.1 Å². The third kappa shape index (κ3) is 3.35. The summed E-state index contributed by atoms with van der Waals surface area (Å²) in [5.41, 5.74) is 2.74. The lowest BCUT2D eigenvalue weighted by molar-refractivity contribution is 0.0827. The van der Waals surface area contributed by atoms with E-state index in [0.29, 0.717) is 30.0 Å². The largest absolute Gasteiger partial charge is 0.489 e. The summed E-state index contributed by atoms with van der Waals surface area (Å²) in [5, 5.41) is 0. The fourth-order valence-corrected chi connectivity index (χ4v) is 2.90. The lowest BCUT2D eigenvalue weighted by atomic mass is 10.1. The van der Waals surface area contributed by atoms with Crippen LogP contribution in [0.25, 0.3) is 0 Å². The zero-order valence-electron chi connectivity index (χ0n) is 15.5. The number of carbonyl (C=O) groups is 2. The van der Waals surface area contributed by atoms with Crippen molar-refractivity contribution in [3.05, 3.63) is 53.6 Å². The molecule has 26 heavy (non-hydrogen) atoms. The molecule has 0 radical (unpaired) electrons. The minimum Gasteiger partial charge on any atom is -0.489 e. The molecule has 2 aromatic carbocycles. The fraction of sp³-hybridized carbons (Fsp3) is 0.300. The SMILES string of the molecule is CN(C)C(=O)c1cccc(C(=O)N2CCOc3cc(N(C)C)ccc32)c1. The van der Waals surface area contributed by atoms with Crippen LogP contribution in [0.4, 0.5) is 11.4 Å². The predicted octanol–water partition coefficient (Wildman–Crippen LogP) is 2.49. The van der Waals surface area contributed by atoms with E-state index in [2.05, 4.69) is 0 Å². The first kappa shape index (κ1) is 17.8. The minimum absolute atomic E-state index is 0.127. The predicted molar refractivity (Wildman–Crippen MR) is 102 cm³/mol. The maximum atomic E-state index is 13.1. The highest BCUT2D eigenvalue weighted by Gasteiger charge is 2.25. The van der Waals surface area contributed by atoms with Crippen molar-refractivity contribution in [2.45, 2.75) is 0 Å². The molecule has 6 nitrogen and oxygen atoms in total. The summed E-state index contributed by atoms with van der Waals surface area (Å²) in [5.74, 6) is 0.425. The normalized spacial score (nSPS) is 12.8. The first-order valence-corrected chi connectivity index (χ1v) is 8.46. The molecule has 0 unspecified atom stereocenters. The Morgan fingerprint density at radius 2 is 1.73 bits per heavy atom. The number of carbonyl (C=O) groups excluding carboxylic acids is 2. The van der Waals surface area contributed by atoms with E-state index in [1.807, 2.05) is 37.2 Å². The molecule has 1 heterocycles. The van der Waals surface area contributed by atoms with Gasteiger partial charge in [-0.15, -0.1) is 0 Å². The molecule has 0 N–H and O–H groups in total. The Morgan fingerprint density at radius 1 is 1.00 bits per heavy atom. The number of benzene rings is 2. The van der Waals surface area contributed by atoms with Crippen LogP contribution in [0.3, 0.4) is 0 Å². The van der Waals surface area contributed by atoms with Gasteiger partial charge in [0, 0.05) is 51.1 Å². The third-order valence-electron chi connectivity index (χ3n) is 4.33. The van der Waals surface area contributed by atoms with E-state index in [1.165, 1.54) is 4.90 Å². The number of fused-ring (bicyclic) bond motifs is 1. The van der Waals surface area contributed by atoms with Gasteiger partial charge < -0.3 is 19.4 Å². The van der Waals surface area contributed by atoms with E-state index in [0.717, 1.165) is 11.4 Å². The van der Waals surface area contributed by atoms with Crippen LogP contribution in [0.15, 0.2) is 42.5 Å². The van der Waals surface area contributed by atoms with E-state index < -0.39 is 0 Å². The van der Waals surface area contributed by atoms with E-state index in [9.17, 15) is 9.59 Å². The van der Waals surface area contributed by atoms with Gasteiger partial charge in [0.2, 0.25) is 0 Å². The van der Waals surface area contributed by atoms with Gasteiger partial charge in [-0.3, -0.25) is 9.59 Å². The van der Waals surface area contributed by atoms with E-state index in [4.69, 9.17) is 4.74 Å². The topological polar surface area (TPSA) is 53.1 Å². The second kappa shape index (κ2) is 7.07. The van der Waals surface area contributed by atoms with Gasteiger partial charge in [-0.05, 0) is 30.3 Å². The Kier molecular flexibility index (Phi) is 4.84. The first-order chi connectivity index (χ1) is 12.4. The summed E-state index contributed by atoms with van der Waals surface area (Å²) in [4.78, 5) is 30.4. The van der Waals surface area contributed by atoms with Crippen molar-refractivity contribution in [2.24, 2.45) is 0 Å². The fourth-order valence-electron chi connectivity index (χ4n) is 2.90. The molecule has 3 rings (SSSR count). The molecule has 2 aromatic rings. The minimum atomic E-state index is -0.138. The molecule has 1 aliphatic heterocycles. The molecule has 136 valence electrons. The van der Waals surface area contributed by atoms with Crippen molar-refractivity contribution in [3.8, 4) is 5.75 Å². The maximum absolute atomic E-state index is 13.1. The number of hydrogen-bond donors (Lipinski definition) is 0. The van der Waals surface area contributed by atoms with Gasteiger partial charge >= 0.3 is 0 Å². The number of amides is 2. The first-order valence-electron chi connectivity index (χ1n) is 8.46. The van der Waals surface area contributed by atoms with Gasteiger partial charge in [0.25, 0.3) is 11.8 Å². The van der Waals surface area contributed by atoms with Gasteiger partial charge in [-0.2, -0.15) is 0 Å². The molecule has 0 atom stereocenters. The highest BCUT2D eigenvalue weighted by Crippen LogP contribution is 2.35. The van der Waals surface area contributed by atoms with Gasteiger partial charge in [-0.25, -0.2) is 0 Å². The van der Waals surface area contributed by atoms with E-state index in [-0.39, 0.29) is 11.8 Å². The molecule has 6 heteroatoms. The van der Waals surface area contributed by atoms with Crippen molar-refractivity contribution >= 4 is 23.2 Å². The Hall–Kier alpha value is -3.02. The number of anilines is 2.